The summed E-state index contributed by atoms with van der Waals surface area (Å²) in [5, 5.41) is 9.62. The largest absolute Gasteiger partial charge is 0.356 e. The lowest BCUT2D eigenvalue weighted by atomic mass is 10.2. The van der Waals surface area contributed by atoms with Crippen molar-refractivity contribution in [3.63, 3.8) is 0 Å². The molecule has 2 N–H and O–H groups in total. The van der Waals surface area contributed by atoms with Crippen LogP contribution in [0.2, 0.25) is 0 Å². The summed E-state index contributed by atoms with van der Waals surface area (Å²) in [7, 11) is -1.76. The van der Waals surface area contributed by atoms with Gasteiger partial charge in [-0.05, 0) is 31.4 Å². The lowest BCUT2D eigenvalue weighted by Gasteiger charge is -2.27. The zero-order valence-electron chi connectivity index (χ0n) is 17.0. The van der Waals surface area contributed by atoms with Crippen molar-refractivity contribution < 1.29 is 8.42 Å². The predicted octanol–water partition coefficient (Wildman–Crippen LogP) is 2.53. The first-order valence-electron chi connectivity index (χ1n) is 9.94. The van der Waals surface area contributed by atoms with E-state index in [1.165, 1.54) is 0 Å². The minimum atomic E-state index is -3.47. The molecule has 1 aliphatic heterocycles. The van der Waals surface area contributed by atoms with Gasteiger partial charge in [-0.25, -0.2) is 13.4 Å². The van der Waals surface area contributed by atoms with E-state index in [0.29, 0.717) is 37.0 Å². The highest BCUT2D eigenvalue weighted by molar-refractivity contribution is 7.89. The lowest BCUT2D eigenvalue weighted by molar-refractivity contribution is 0.346. The Labute approximate surface area is 177 Å². The quantitative estimate of drug-likeness (QED) is 0.516. The number of sulfonamides is 1. The molecule has 2 aromatic rings. The van der Waals surface area contributed by atoms with Gasteiger partial charge in [-0.3, -0.25) is 4.99 Å². The van der Waals surface area contributed by atoms with E-state index in [1.807, 2.05) is 19.1 Å². The van der Waals surface area contributed by atoms with Crippen LogP contribution in [0.25, 0.3) is 0 Å². The fourth-order valence-corrected chi connectivity index (χ4v) is 5.76. The molecule has 0 saturated carbocycles. The second kappa shape index (κ2) is 10.2. The molecule has 0 amide bonds. The van der Waals surface area contributed by atoms with E-state index in [2.05, 4.69) is 26.0 Å². The van der Waals surface area contributed by atoms with Crippen LogP contribution < -0.4 is 10.6 Å². The zero-order chi connectivity index (χ0) is 20.7. The van der Waals surface area contributed by atoms with Crippen molar-refractivity contribution >= 4 is 27.3 Å². The zero-order valence-corrected chi connectivity index (χ0v) is 18.7. The number of nitrogens with zero attached hydrogens (tertiary/aromatic N) is 3. The molecule has 1 aliphatic rings. The van der Waals surface area contributed by atoms with Gasteiger partial charge in [0.1, 0.15) is 0 Å². The number of aryl methyl sites for hydroxylation is 1. The molecule has 1 aromatic carbocycles. The van der Waals surface area contributed by atoms with Gasteiger partial charge < -0.3 is 10.6 Å². The Morgan fingerprint density at radius 1 is 1.21 bits per heavy atom. The number of aromatic nitrogens is 1. The average Bonchev–Trinajstić information content (AvgIpc) is 3.16. The van der Waals surface area contributed by atoms with Crippen LogP contribution in [0.4, 0.5) is 0 Å². The highest BCUT2D eigenvalue weighted by atomic mass is 32.2. The number of hydrogen-bond donors (Lipinski definition) is 2. The van der Waals surface area contributed by atoms with Crippen molar-refractivity contribution in [3.05, 3.63) is 45.9 Å². The van der Waals surface area contributed by atoms with E-state index in [4.69, 9.17) is 0 Å². The molecule has 29 heavy (non-hydrogen) atoms. The number of benzene rings is 1. The van der Waals surface area contributed by atoms with Crippen molar-refractivity contribution in [2.45, 2.75) is 44.0 Å². The number of aliphatic imine (C=N–C) groups is 1. The van der Waals surface area contributed by atoms with Crippen LogP contribution in [0, 0.1) is 6.92 Å². The molecule has 7 nitrogen and oxygen atoms in total. The molecular weight excluding hydrogens is 406 g/mol. The standard InChI is InChI=1S/C20H29N5O2S2/c1-16-24-18(15-28-16)10-11-22-20(21-2)23-14-17-8-4-5-9-19(17)29(26,27)25-12-6-3-7-13-25/h4-5,8-9,15H,3,6-7,10-14H2,1-2H3,(H2,21,22,23). The first kappa shape index (κ1) is 21.7. The van der Waals surface area contributed by atoms with E-state index in [0.717, 1.165) is 41.9 Å². The van der Waals surface area contributed by atoms with E-state index < -0.39 is 10.0 Å². The molecule has 0 spiro atoms. The summed E-state index contributed by atoms with van der Waals surface area (Å²) in [6.07, 6.45) is 3.76. The number of piperidine rings is 1. The number of guanidine groups is 1. The Morgan fingerprint density at radius 3 is 2.66 bits per heavy atom. The van der Waals surface area contributed by atoms with E-state index in [-0.39, 0.29) is 0 Å². The highest BCUT2D eigenvalue weighted by Gasteiger charge is 2.27. The second-order valence-electron chi connectivity index (χ2n) is 7.03. The summed E-state index contributed by atoms with van der Waals surface area (Å²) in [6.45, 7) is 4.29. The third-order valence-corrected chi connectivity index (χ3v) is 7.74. The van der Waals surface area contributed by atoms with Crippen LogP contribution in [0.1, 0.15) is 35.5 Å². The first-order valence-corrected chi connectivity index (χ1v) is 12.3. The molecule has 1 fully saturated rings. The molecule has 3 rings (SSSR count). The van der Waals surface area contributed by atoms with Gasteiger partial charge in [-0.1, -0.05) is 24.6 Å². The van der Waals surface area contributed by atoms with Gasteiger partial charge in [0.15, 0.2) is 5.96 Å². The summed E-state index contributed by atoms with van der Waals surface area (Å²) in [6, 6.07) is 7.20. The van der Waals surface area contributed by atoms with Crippen LogP contribution in [0.5, 0.6) is 0 Å². The van der Waals surface area contributed by atoms with Gasteiger partial charge in [-0.15, -0.1) is 11.3 Å². The maximum Gasteiger partial charge on any atom is 0.243 e. The van der Waals surface area contributed by atoms with Crippen molar-refractivity contribution in [2.75, 3.05) is 26.7 Å². The Hall–Kier alpha value is -1.97. The topological polar surface area (TPSA) is 86.7 Å². The van der Waals surface area contributed by atoms with Gasteiger partial charge in [0.25, 0.3) is 0 Å². The summed E-state index contributed by atoms with van der Waals surface area (Å²) in [4.78, 5) is 9.07. The normalized spacial score (nSPS) is 16.0. The smallest absolute Gasteiger partial charge is 0.243 e. The third-order valence-electron chi connectivity index (χ3n) is 4.92. The molecule has 0 unspecified atom stereocenters. The Balaban J connectivity index is 1.61. The number of rotatable bonds is 7. The summed E-state index contributed by atoms with van der Waals surface area (Å²) in [5.41, 5.74) is 1.81. The van der Waals surface area contributed by atoms with Gasteiger partial charge in [0.2, 0.25) is 10.0 Å². The number of hydrogen-bond acceptors (Lipinski definition) is 5. The van der Waals surface area contributed by atoms with Gasteiger partial charge >= 0.3 is 0 Å². The van der Waals surface area contributed by atoms with Crippen LogP contribution in [0.3, 0.4) is 0 Å². The van der Waals surface area contributed by atoms with Crippen LogP contribution in [-0.2, 0) is 23.0 Å². The van der Waals surface area contributed by atoms with Crippen LogP contribution >= 0.6 is 11.3 Å². The maximum absolute atomic E-state index is 13.1. The molecule has 158 valence electrons. The molecule has 0 bridgehead atoms. The van der Waals surface area contributed by atoms with Crippen molar-refractivity contribution in [1.82, 2.24) is 19.9 Å². The molecule has 1 saturated heterocycles. The SMILES string of the molecule is CN=C(NCCc1csc(C)n1)NCc1ccccc1S(=O)(=O)N1CCCCC1. The monoisotopic (exact) mass is 435 g/mol. The predicted molar refractivity (Wildman–Crippen MR) is 118 cm³/mol. The van der Waals surface area contributed by atoms with Gasteiger partial charge in [0.05, 0.1) is 15.6 Å². The Morgan fingerprint density at radius 2 is 1.97 bits per heavy atom. The van der Waals surface area contributed by atoms with Crippen molar-refractivity contribution in [1.29, 1.82) is 0 Å². The maximum atomic E-state index is 13.1. The minimum Gasteiger partial charge on any atom is -0.356 e. The molecule has 0 atom stereocenters. The molecular formula is C20H29N5O2S2. The van der Waals surface area contributed by atoms with Gasteiger partial charge in [0, 0.05) is 45.0 Å². The molecule has 2 heterocycles. The van der Waals surface area contributed by atoms with E-state index in [1.54, 1.807) is 34.8 Å². The van der Waals surface area contributed by atoms with E-state index in [9.17, 15) is 8.42 Å². The molecule has 1 aromatic heterocycles. The Kier molecular flexibility index (Phi) is 7.63. The van der Waals surface area contributed by atoms with Crippen LogP contribution in [0.15, 0.2) is 39.5 Å². The van der Waals surface area contributed by atoms with Crippen molar-refractivity contribution in [2.24, 2.45) is 4.99 Å². The third kappa shape index (κ3) is 5.77. The summed E-state index contributed by atoms with van der Waals surface area (Å²) in [5.74, 6) is 0.641. The first-order chi connectivity index (χ1) is 14.0. The minimum absolute atomic E-state index is 0.378. The van der Waals surface area contributed by atoms with Crippen LogP contribution in [-0.4, -0.2) is 50.3 Å². The summed E-state index contributed by atoms with van der Waals surface area (Å²) < 4.78 is 27.8. The highest BCUT2D eigenvalue weighted by Crippen LogP contribution is 2.23. The Bertz CT molecular complexity index is 934. The van der Waals surface area contributed by atoms with Gasteiger partial charge in [-0.2, -0.15) is 4.31 Å². The average molecular weight is 436 g/mol. The fraction of sp³-hybridized carbons (Fsp3) is 0.500. The molecule has 0 radical (unpaired) electrons. The number of nitrogens with one attached hydrogen (secondary N) is 2. The van der Waals surface area contributed by atoms with Crippen molar-refractivity contribution in [3.8, 4) is 0 Å². The second-order valence-corrected chi connectivity index (χ2v) is 10.0. The lowest BCUT2D eigenvalue weighted by Crippen LogP contribution is -2.39. The summed E-state index contributed by atoms with van der Waals surface area (Å²) >= 11 is 1.65. The number of thiazole rings is 1. The molecule has 9 heteroatoms. The van der Waals surface area contributed by atoms with E-state index >= 15 is 0 Å². The fourth-order valence-electron chi connectivity index (χ4n) is 3.38. The molecule has 0 aliphatic carbocycles.